The van der Waals surface area contributed by atoms with Gasteiger partial charge in [-0.25, -0.2) is 0 Å². The van der Waals surface area contributed by atoms with Gasteiger partial charge in [-0.2, -0.15) is 13.2 Å². The molecule has 0 aliphatic carbocycles. The van der Waals surface area contributed by atoms with Gasteiger partial charge in [-0.05, 0) is 36.6 Å². The number of hydrogen-bond acceptors (Lipinski definition) is 3. The van der Waals surface area contributed by atoms with Crippen LogP contribution in [0.4, 0.5) is 13.2 Å². The van der Waals surface area contributed by atoms with Crippen molar-refractivity contribution in [1.29, 1.82) is 0 Å². The number of amides is 2. The molecule has 1 saturated heterocycles. The van der Waals surface area contributed by atoms with E-state index in [0.29, 0.717) is 31.5 Å². The molecular formula is C17H20F3N3O2. The quantitative estimate of drug-likeness (QED) is 0.791. The maximum atomic E-state index is 12.7. The van der Waals surface area contributed by atoms with E-state index in [4.69, 9.17) is 5.73 Å². The normalized spacial score (nSPS) is 16.9. The van der Waals surface area contributed by atoms with Crippen LogP contribution >= 0.6 is 0 Å². The fourth-order valence-corrected chi connectivity index (χ4v) is 2.70. The Morgan fingerprint density at radius 1 is 1.28 bits per heavy atom. The molecule has 1 aliphatic rings. The maximum Gasteiger partial charge on any atom is 0.416 e. The topological polar surface area (TPSA) is 75.4 Å². The van der Waals surface area contributed by atoms with Crippen molar-refractivity contribution in [3.63, 3.8) is 0 Å². The molecule has 1 aromatic rings. The second-order valence-corrected chi connectivity index (χ2v) is 5.98. The van der Waals surface area contributed by atoms with E-state index in [2.05, 4.69) is 5.32 Å². The number of piperidine rings is 1. The third-order valence-corrected chi connectivity index (χ3v) is 3.95. The lowest BCUT2D eigenvalue weighted by Gasteiger charge is -2.31. The Balaban J connectivity index is 1.85. The number of nitrogens with zero attached hydrogens (tertiary/aromatic N) is 1. The molecule has 5 nitrogen and oxygen atoms in total. The average Bonchev–Trinajstić information content (AvgIpc) is 2.54. The number of likely N-dealkylation sites (tertiary alicyclic amines) is 1. The molecule has 136 valence electrons. The molecular weight excluding hydrogens is 335 g/mol. The third-order valence-electron chi connectivity index (χ3n) is 3.95. The number of alkyl halides is 3. The largest absolute Gasteiger partial charge is 0.416 e. The fourth-order valence-electron chi connectivity index (χ4n) is 2.70. The molecule has 0 bridgehead atoms. The van der Waals surface area contributed by atoms with E-state index in [1.54, 1.807) is 0 Å². The van der Waals surface area contributed by atoms with Gasteiger partial charge < -0.3 is 11.1 Å². The minimum Gasteiger partial charge on any atom is -0.369 e. The lowest BCUT2D eigenvalue weighted by Crippen LogP contribution is -2.46. The number of halogens is 3. The van der Waals surface area contributed by atoms with Crippen LogP contribution in [-0.2, 0) is 15.8 Å². The second-order valence-electron chi connectivity index (χ2n) is 5.98. The minimum atomic E-state index is -4.41. The summed E-state index contributed by atoms with van der Waals surface area (Å²) >= 11 is 0. The zero-order chi connectivity index (χ0) is 18.4. The Morgan fingerprint density at radius 2 is 1.96 bits per heavy atom. The summed E-state index contributed by atoms with van der Waals surface area (Å²) in [4.78, 5) is 24.7. The molecule has 1 aromatic carbocycles. The highest BCUT2D eigenvalue weighted by Gasteiger charge is 2.30. The lowest BCUT2D eigenvalue weighted by atomic mass is 10.0. The Bertz CT molecular complexity index is 651. The van der Waals surface area contributed by atoms with Crippen molar-refractivity contribution in [1.82, 2.24) is 10.2 Å². The predicted octanol–water partition coefficient (Wildman–Crippen LogP) is 1.78. The van der Waals surface area contributed by atoms with Crippen LogP contribution in [0.2, 0.25) is 0 Å². The van der Waals surface area contributed by atoms with Gasteiger partial charge in [-0.15, -0.1) is 0 Å². The van der Waals surface area contributed by atoms with Crippen molar-refractivity contribution >= 4 is 17.9 Å². The number of carbonyl (C=O) groups is 2. The molecule has 0 saturated carbocycles. The summed E-state index contributed by atoms with van der Waals surface area (Å²) in [6.45, 7) is 1.52. The summed E-state index contributed by atoms with van der Waals surface area (Å²) in [6, 6.07) is 4.75. The van der Waals surface area contributed by atoms with Crippen molar-refractivity contribution in [3.05, 3.63) is 41.5 Å². The SMILES string of the molecule is NC(=O)CN1CCC(NC(=O)C=Cc2cccc(C(F)(F)F)c2)CC1. The van der Waals surface area contributed by atoms with E-state index < -0.39 is 11.7 Å². The Morgan fingerprint density at radius 3 is 2.56 bits per heavy atom. The van der Waals surface area contributed by atoms with Crippen molar-refractivity contribution in [2.45, 2.75) is 25.1 Å². The van der Waals surface area contributed by atoms with Gasteiger partial charge in [0.25, 0.3) is 0 Å². The molecule has 2 amide bonds. The first-order chi connectivity index (χ1) is 11.7. The Hall–Kier alpha value is -2.35. The lowest BCUT2D eigenvalue weighted by molar-refractivity contribution is -0.137. The first-order valence-electron chi connectivity index (χ1n) is 7.90. The first-order valence-corrected chi connectivity index (χ1v) is 7.90. The molecule has 2 rings (SSSR count). The summed E-state index contributed by atoms with van der Waals surface area (Å²) in [5, 5.41) is 2.82. The van der Waals surface area contributed by atoms with Gasteiger partial charge in [-0.1, -0.05) is 12.1 Å². The summed E-state index contributed by atoms with van der Waals surface area (Å²) in [5.74, 6) is -0.739. The van der Waals surface area contributed by atoms with Gasteiger partial charge in [0.15, 0.2) is 0 Å². The molecule has 0 spiro atoms. The monoisotopic (exact) mass is 355 g/mol. The van der Waals surface area contributed by atoms with Gasteiger partial charge in [0.2, 0.25) is 11.8 Å². The number of primary amides is 1. The zero-order valence-electron chi connectivity index (χ0n) is 13.6. The Kier molecular flexibility index (Phi) is 6.19. The summed E-state index contributed by atoms with van der Waals surface area (Å²) in [5.41, 5.74) is 4.69. The average molecular weight is 355 g/mol. The van der Waals surface area contributed by atoms with Crippen LogP contribution in [0.15, 0.2) is 30.3 Å². The van der Waals surface area contributed by atoms with Crippen LogP contribution in [0.25, 0.3) is 6.08 Å². The molecule has 0 atom stereocenters. The highest BCUT2D eigenvalue weighted by atomic mass is 19.4. The van der Waals surface area contributed by atoms with E-state index in [9.17, 15) is 22.8 Å². The van der Waals surface area contributed by atoms with Crippen LogP contribution in [0.1, 0.15) is 24.0 Å². The van der Waals surface area contributed by atoms with Gasteiger partial charge >= 0.3 is 6.18 Å². The minimum absolute atomic E-state index is 0.0252. The number of hydrogen-bond donors (Lipinski definition) is 2. The summed E-state index contributed by atoms with van der Waals surface area (Å²) < 4.78 is 38.0. The van der Waals surface area contributed by atoms with E-state index in [1.807, 2.05) is 4.90 Å². The van der Waals surface area contributed by atoms with Crippen LogP contribution in [0.3, 0.4) is 0 Å². The van der Waals surface area contributed by atoms with Crippen molar-refractivity contribution in [2.75, 3.05) is 19.6 Å². The highest BCUT2D eigenvalue weighted by Crippen LogP contribution is 2.29. The highest BCUT2D eigenvalue weighted by molar-refractivity contribution is 5.91. The molecule has 1 fully saturated rings. The van der Waals surface area contributed by atoms with E-state index >= 15 is 0 Å². The second kappa shape index (κ2) is 8.15. The fraction of sp³-hybridized carbons (Fsp3) is 0.412. The molecule has 0 aromatic heterocycles. The number of nitrogens with two attached hydrogens (primary N) is 1. The van der Waals surface area contributed by atoms with Crippen molar-refractivity contribution < 1.29 is 22.8 Å². The molecule has 0 radical (unpaired) electrons. The van der Waals surface area contributed by atoms with E-state index in [1.165, 1.54) is 24.3 Å². The Labute approximate surface area is 143 Å². The molecule has 1 heterocycles. The number of rotatable bonds is 5. The number of nitrogens with one attached hydrogen (secondary N) is 1. The van der Waals surface area contributed by atoms with Crippen LogP contribution in [-0.4, -0.2) is 42.4 Å². The molecule has 0 unspecified atom stereocenters. The molecule has 25 heavy (non-hydrogen) atoms. The standard InChI is InChI=1S/C17H20F3N3O2/c18-17(19,20)13-3-1-2-12(10-13)4-5-16(25)22-14-6-8-23(9-7-14)11-15(21)24/h1-5,10,14H,6-9,11H2,(H2,21,24)(H,22,25). The van der Waals surface area contributed by atoms with Gasteiger partial charge in [-0.3, -0.25) is 14.5 Å². The van der Waals surface area contributed by atoms with Crippen molar-refractivity contribution in [3.8, 4) is 0 Å². The van der Waals surface area contributed by atoms with Crippen molar-refractivity contribution in [2.24, 2.45) is 5.73 Å². The van der Waals surface area contributed by atoms with Gasteiger partial charge in [0.1, 0.15) is 0 Å². The molecule has 8 heteroatoms. The predicted molar refractivity (Wildman–Crippen MR) is 87.3 cm³/mol. The van der Waals surface area contributed by atoms with Crippen LogP contribution in [0.5, 0.6) is 0 Å². The third kappa shape index (κ3) is 6.22. The van der Waals surface area contributed by atoms with Gasteiger partial charge in [0, 0.05) is 25.2 Å². The maximum absolute atomic E-state index is 12.7. The van der Waals surface area contributed by atoms with Gasteiger partial charge in [0.05, 0.1) is 12.1 Å². The van der Waals surface area contributed by atoms with Crippen LogP contribution in [0, 0.1) is 0 Å². The number of carbonyl (C=O) groups excluding carboxylic acids is 2. The van der Waals surface area contributed by atoms with Crippen LogP contribution < -0.4 is 11.1 Å². The van der Waals surface area contributed by atoms with E-state index in [0.717, 1.165) is 12.1 Å². The summed E-state index contributed by atoms with van der Waals surface area (Å²) in [6.07, 6.45) is -0.449. The molecule has 3 N–H and O–H groups in total. The zero-order valence-corrected chi connectivity index (χ0v) is 13.6. The smallest absolute Gasteiger partial charge is 0.369 e. The number of benzene rings is 1. The molecule has 1 aliphatic heterocycles. The van der Waals surface area contributed by atoms with E-state index in [-0.39, 0.29) is 24.4 Å². The summed E-state index contributed by atoms with van der Waals surface area (Å²) in [7, 11) is 0. The first kappa shape index (κ1) is 19.0.